The lowest BCUT2D eigenvalue weighted by atomic mass is 10.1. The molecule has 144 valence electrons. The van der Waals surface area contributed by atoms with Crippen molar-refractivity contribution < 1.29 is 13.2 Å². The second-order valence-electron chi connectivity index (χ2n) is 6.57. The van der Waals surface area contributed by atoms with Gasteiger partial charge in [0.2, 0.25) is 15.9 Å². The van der Waals surface area contributed by atoms with Crippen molar-refractivity contribution in [2.24, 2.45) is 5.14 Å². The van der Waals surface area contributed by atoms with Crippen molar-refractivity contribution >= 4 is 32.8 Å². The highest BCUT2D eigenvalue weighted by atomic mass is 32.2. The molecule has 0 radical (unpaired) electrons. The monoisotopic (exact) mass is 398 g/mol. The second-order valence-corrected chi connectivity index (χ2v) is 8.13. The van der Waals surface area contributed by atoms with E-state index in [2.05, 4.69) is 15.0 Å². The van der Waals surface area contributed by atoms with E-state index in [9.17, 15) is 13.2 Å². The number of benzene rings is 1. The summed E-state index contributed by atoms with van der Waals surface area (Å²) in [5.74, 6) is 0.589. The van der Waals surface area contributed by atoms with Crippen LogP contribution >= 0.6 is 0 Å². The Morgan fingerprint density at radius 1 is 1.11 bits per heavy atom. The molecule has 0 aliphatic carbocycles. The molecule has 0 saturated carbocycles. The smallest absolute Gasteiger partial charge is 0.241 e. The molecule has 28 heavy (non-hydrogen) atoms. The summed E-state index contributed by atoms with van der Waals surface area (Å²) >= 11 is 0. The van der Waals surface area contributed by atoms with E-state index in [1.165, 1.54) is 18.5 Å². The maximum Gasteiger partial charge on any atom is 0.241 e. The van der Waals surface area contributed by atoms with Gasteiger partial charge in [-0.2, -0.15) is 0 Å². The van der Waals surface area contributed by atoms with Crippen molar-refractivity contribution in [1.29, 1.82) is 0 Å². The number of fused-ring (bicyclic) bond motifs is 1. The van der Waals surface area contributed by atoms with Crippen LogP contribution in [0.15, 0.2) is 47.6 Å². The van der Waals surface area contributed by atoms with Crippen LogP contribution in [0.1, 0.15) is 0 Å². The SMILES string of the molecule is CN1CCN(c2ncnc3ccc(-c4cccc(S(N)(=O)=O)c4)nc23)CC1=O. The van der Waals surface area contributed by atoms with Crippen LogP contribution in [-0.2, 0) is 14.8 Å². The van der Waals surface area contributed by atoms with Gasteiger partial charge >= 0.3 is 0 Å². The number of carbonyl (C=O) groups excluding carboxylic acids is 1. The lowest BCUT2D eigenvalue weighted by molar-refractivity contribution is -0.129. The Hall–Kier alpha value is -3.11. The zero-order valence-electron chi connectivity index (χ0n) is 15.1. The predicted octanol–water partition coefficient (Wildman–Crippen LogP) is 0.618. The van der Waals surface area contributed by atoms with Crippen LogP contribution in [0.25, 0.3) is 22.3 Å². The topological polar surface area (TPSA) is 122 Å². The number of anilines is 1. The molecule has 1 fully saturated rings. The first kappa shape index (κ1) is 18.3. The molecule has 1 amide bonds. The molecule has 1 aliphatic rings. The van der Waals surface area contributed by atoms with Crippen LogP contribution < -0.4 is 10.0 Å². The summed E-state index contributed by atoms with van der Waals surface area (Å²) in [6.45, 7) is 1.46. The average Bonchev–Trinajstić information content (AvgIpc) is 2.69. The maximum absolute atomic E-state index is 12.1. The van der Waals surface area contributed by atoms with E-state index < -0.39 is 10.0 Å². The quantitative estimate of drug-likeness (QED) is 0.686. The molecule has 2 N–H and O–H groups in total. The van der Waals surface area contributed by atoms with E-state index in [1.54, 1.807) is 36.2 Å². The fourth-order valence-corrected chi connectivity index (χ4v) is 3.65. The van der Waals surface area contributed by atoms with Crippen molar-refractivity contribution in [1.82, 2.24) is 19.9 Å². The number of hydrogen-bond donors (Lipinski definition) is 1. The van der Waals surface area contributed by atoms with Gasteiger partial charge in [-0.05, 0) is 24.3 Å². The summed E-state index contributed by atoms with van der Waals surface area (Å²) in [5, 5.41) is 5.23. The molecule has 0 atom stereocenters. The van der Waals surface area contributed by atoms with E-state index in [-0.39, 0.29) is 17.3 Å². The molecule has 10 heteroatoms. The van der Waals surface area contributed by atoms with E-state index in [0.717, 1.165) is 0 Å². The van der Waals surface area contributed by atoms with Gasteiger partial charge in [0.1, 0.15) is 11.8 Å². The minimum absolute atomic E-state index is 0.00928. The number of amides is 1. The molecule has 0 bridgehead atoms. The standard InChI is InChI=1S/C18H18N6O3S/c1-23-7-8-24(10-16(23)25)18-17-15(20-11-21-18)6-5-14(22-17)12-3-2-4-13(9-12)28(19,26)27/h2-6,9,11H,7-8,10H2,1H3,(H2,19,26,27). The lowest BCUT2D eigenvalue weighted by Crippen LogP contribution is -2.49. The highest BCUT2D eigenvalue weighted by Gasteiger charge is 2.24. The van der Waals surface area contributed by atoms with Crippen LogP contribution in [0.4, 0.5) is 5.82 Å². The summed E-state index contributed by atoms with van der Waals surface area (Å²) in [7, 11) is -2.04. The Balaban J connectivity index is 1.80. The lowest BCUT2D eigenvalue weighted by Gasteiger charge is -2.32. The van der Waals surface area contributed by atoms with Crippen molar-refractivity contribution in [2.75, 3.05) is 31.6 Å². The summed E-state index contributed by atoms with van der Waals surface area (Å²) < 4.78 is 23.3. The Labute approximate surface area is 161 Å². The van der Waals surface area contributed by atoms with Crippen molar-refractivity contribution in [3.8, 4) is 11.3 Å². The van der Waals surface area contributed by atoms with Crippen molar-refractivity contribution in [3.63, 3.8) is 0 Å². The Kier molecular flexibility index (Phi) is 4.44. The van der Waals surface area contributed by atoms with E-state index in [1.807, 2.05) is 4.90 Å². The molecule has 3 heterocycles. The molecule has 1 aromatic carbocycles. The van der Waals surface area contributed by atoms with Crippen LogP contribution in [0.5, 0.6) is 0 Å². The van der Waals surface area contributed by atoms with Crippen molar-refractivity contribution in [3.05, 3.63) is 42.7 Å². The number of likely N-dealkylation sites (N-methyl/N-ethyl adjacent to an activating group) is 1. The fourth-order valence-electron chi connectivity index (χ4n) is 3.09. The Morgan fingerprint density at radius 3 is 2.68 bits per heavy atom. The maximum atomic E-state index is 12.1. The molecule has 2 aromatic heterocycles. The van der Waals surface area contributed by atoms with Crippen LogP contribution in [0.2, 0.25) is 0 Å². The predicted molar refractivity (Wildman–Crippen MR) is 104 cm³/mol. The van der Waals surface area contributed by atoms with Crippen LogP contribution in [-0.4, -0.2) is 60.9 Å². The first-order valence-corrected chi connectivity index (χ1v) is 10.1. The van der Waals surface area contributed by atoms with Gasteiger partial charge < -0.3 is 9.80 Å². The van der Waals surface area contributed by atoms with Gasteiger partial charge in [0.05, 0.1) is 22.7 Å². The van der Waals surface area contributed by atoms with Crippen LogP contribution in [0, 0.1) is 0 Å². The highest BCUT2D eigenvalue weighted by molar-refractivity contribution is 7.89. The molecular formula is C18H18N6O3S. The summed E-state index contributed by atoms with van der Waals surface area (Å²) in [6.07, 6.45) is 1.45. The van der Waals surface area contributed by atoms with Gasteiger partial charge in [-0.1, -0.05) is 12.1 Å². The van der Waals surface area contributed by atoms with Gasteiger partial charge in [0.15, 0.2) is 5.82 Å². The second kappa shape index (κ2) is 6.80. The first-order valence-electron chi connectivity index (χ1n) is 8.57. The first-order chi connectivity index (χ1) is 13.3. The minimum atomic E-state index is -3.82. The molecule has 3 aromatic rings. The summed E-state index contributed by atoms with van der Waals surface area (Å²) in [4.78, 5) is 28.9. The molecule has 1 aliphatic heterocycles. The number of nitrogens with zero attached hydrogens (tertiary/aromatic N) is 5. The van der Waals surface area contributed by atoms with Crippen molar-refractivity contribution in [2.45, 2.75) is 4.90 Å². The summed E-state index contributed by atoms with van der Waals surface area (Å²) in [6, 6.07) is 9.84. The number of rotatable bonds is 3. The Morgan fingerprint density at radius 2 is 1.93 bits per heavy atom. The minimum Gasteiger partial charge on any atom is -0.344 e. The molecular weight excluding hydrogens is 380 g/mol. The Bertz CT molecular complexity index is 1180. The van der Waals surface area contributed by atoms with E-state index in [0.29, 0.717) is 41.2 Å². The van der Waals surface area contributed by atoms with E-state index in [4.69, 9.17) is 5.14 Å². The summed E-state index contributed by atoms with van der Waals surface area (Å²) in [5.41, 5.74) is 2.37. The van der Waals surface area contributed by atoms with E-state index >= 15 is 0 Å². The number of sulfonamides is 1. The average molecular weight is 398 g/mol. The number of carbonyl (C=O) groups is 1. The number of primary sulfonamides is 1. The third kappa shape index (κ3) is 3.39. The zero-order chi connectivity index (χ0) is 19.9. The number of hydrogen-bond acceptors (Lipinski definition) is 7. The molecule has 0 spiro atoms. The third-order valence-corrected chi connectivity index (χ3v) is 5.59. The zero-order valence-corrected chi connectivity index (χ0v) is 15.9. The fraction of sp³-hybridized carbons (Fsp3) is 0.222. The highest BCUT2D eigenvalue weighted by Crippen LogP contribution is 2.27. The molecule has 1 saturated heterocycles. The molecule has 4 rings (SSSR count). The number of piperazine rings is 1. The number of aromatic nitrogens is 3. The third-order valence-electron chi connectivity index (χ3n) is 4.68. The van der Waals surface area contributed by atoms with Gasteiger partial charge in [0, 0.05) is 25.7 Å². The number of pyridine rings is 1. The normalized spacial score (nSPS) is 15.3. The van der Waals surface area contributed by atoms with Gasteiger partial charge in [0.25, 0.3) is 0 Å². The van der Waals surface area contributed by atoms with Gasteiger partial charge in [-0.25, -0.2) is 28.5 Å². The van der Waals surface area contributed by atoms with Gasteiger partial charge in [-0.3, -0.25) is 4.79 Å². The molecule has 9 nitrogen and oxygen atoms in total. The number of nitrogens with two attached hydrogens (primary N) is 1. The molecule has 0 unspecified atom stereocenters. The van der Waals surface area contributed by atoms with Gasteiger partial charge in [-0.15, -0.1) is 0 Å². The van der Waals surface area contributed by atoms with Crippen LogP contribution in [0.3, 0.4) is 0 Å². The largest absolute Gasteiger partial charge is 0.344 e.